The number of aryl methyl sites for hydroxylation is 1. The molecule has 0 saturated carbocycles. The number of nitrogens with one attached hydrogen (secondary N) is 1. The molecule has 7 nitrogen and oxygen atoms in total. The van der Waals surface area contributed by atoms with Gasteiger partial charge in [-0.25, -0.2) is 18.4 Å². The van der Waals surface area contributed by atoms with Gasteiger partial charge in [-0.2, -0.15) is 4.31 Å². The van der Waals surface area contributed by atoms with Crippen LogP contribution in [0.25, 0.3) is 11.0 Å². The second kappa shape index (κ2) is 10.2. The molecular weight excluding hydrogens is 432 g/mol. The summed E-state index contributed by atoms with van der Waals surface area (Å²) in [6.45, 7) is 6.69. The Kier molecular flexibility index (Phi) is 7.64. The third-order valence-electron chi connectivity index (χ3n) is 4.80. The summed E-state index contributed by atoms with van der Waals surface area (Å²) in [4.78, 5) is 21.6. The third-order valence-corrected chi connectivity index (χ3v) is 7.93. The van der Waals surface area contributed by atoms with E-state index in [0.717, 1.165) is 27.3 Å². The molecule has 0 fully saturated rings. The molecule has 0 spiro atoms. The molecule has 31 heavy (non-hydrogen) atoms. The Balaban J connectivity index is 1.56. The van der Waals surface area contributed by atoms with Crippen LogP contribution < -0.4 is 5.32 Å². The number of carbonyl (C=O) groups is 1. The van der Waals surface area contributed by atoms with Crippen molar-refractivity contribution < 1.29 is 13.2 Å². The van der Waals surface area contributed by atoms with Gasteiger partial charge in [-0.1, -0.05) is 49.9 Å². The molecule has 0 bridgehead atoms. The van der Waals surface area contributed by atoms with Crippen molar-refractivity contribution in [3.63, 3.8) is 0 Å². The predicted molar refractivity (Wildman–Crippen MR) is 123 cm³/mol. The maximum absolute atomic E-state index is 12.5. The molecule has 0 saturated heterocycles. The Morgan fingerprint density at radius 3 is 2.23 bits per heavy atom. The first-order valence-electron chi connectivity index (χ1n) is 10.1. The summed E-state index contributed by atoms with van der Waals surface area (Å²) in [6, 6.07) is 14.3. The number of benzene rings is 2. The number of hydrogen-bond acceptors (Lipinski definition) is 6. The van der Waals surface area contributed by atoms with Crippen LogP contribution in [0.1, 0.15) is 25.1 Å². The molecule has 3 aromatic rings. The van der Waals surface area contributed by atoms with E-state index in [4.69, 9.17) is 0 Å². The molecule has 0 radical (unpaired) electrons. The van der Waals surface area contributed by atoms with Crippen molar-refractivity contribution in [2.45, 2.75) is 37.2 Å². The highest BCUT2D eigenvalue weighted by Gasteiger charge is 2.21. The molecule has 1 aromatic heterocycles. The zero-order valence-electron chi connectivity index (χ0n) is 17.8. The quantitative estimate of drug-likeness (QED) is 0.494. The number of nitrogens with zero attached hydrogens (tertiary/aromatic N) is 3. The summed E-state index contributed by atoms with van der Waals surface area (Å²) in [5.41, 5.74) is 3.26. The lowest BCUT2D eigenvalue weighted by Crippen LogP contribution is -2.30. The molecule has 0 aliphatic carbocycles. The van der Waals surface area contributed by atoms with Crippen molar-refractivity contribution in [1.82, 2.24) is 19.6 Å². The molecule has 0 unspecified atom stereocenters. The molecule has 9 heteroatoms. The number of para-hydroxylation sites is 2. The van der Waals surface area contributed by atoms with Crippen LogP contribution in [0, 0.1) is 6.92 Å². The van der Waals surface area contributed by atoms with Crippen LogP contribution in [0.5, 0.6) is 0 Å². The van der Waals surface area contributed by atoms with E-state index in [1.807, 2.05) is 45.0 Å². The lowest BCUT2D eigenvalue weighted by Gasteiger charge is -2.18. The predicted octanol–water partition coefficient (Wildman–Crippen LogP) is 3.38. The number of sulfonamides is 1. The lowest BCUT2D eigenvalue weighted by atomic mass is 10.2. The summed E-state index contributed by atoms with van der Waals surface area (Å²) in [6.07, 6.45) is 0. The van der Waals surface area contributed by atoms with Gasteiger partial charge in [0.2, 0.25) is 15.9 Å². The molecule has 1 N–H and O–H groups in total. The fourth-order valence-corrected chi connectivity index (χ4v) is 5.33. The average molecular weight is 459 g/mol. The van der Waals surface area contributed by atoms with Crippen molar-refractivity contribution in [3.8, 4) is 0 Å². The summed E-state index contributed by atoms with van der Waals surface area (Å²) in [5.74, 6) is 0.0987. The number of carbonyl (C=O) groups excluding carboxylic acids is 1. The van der Waals surface area contributed by atoms with E-state index in [-0.39, 0.29) is 16.6 Å². The fourth-order valence-electron chi connectivity index (χ4n) is 3.09. The van der Waals surface area contributed by atoms with E-state index in [1.165, 1.54) is 16.1 Å². The zero-order chi connectivity index (χ0) is 22.4. The molecule has 0 atom stereocenters. The van der Waals surface area contributed by atoms with Gasteiger partial charge in [0, 0.05) is 19.6 Å². The van der Waals surface area contributed by atoms with Crippen molar-refractivity contribution >= 4 is 38.7 Å². The average Bonchev–Trinajstić information content (AvgIpc) is 2.77. The monoisotopic (exact) mass is 458 g/mol. The highest BCUT2D eigenvalue weighted by atomic mass is 32.2. The Morgan fingerprint density at radius 1 is 1.00 bits per heavy atom. The number of amides is 1. The van der Waals surface area contributed by atoms with Crippen LogP contribution in [-0.4, -0.2) is 47.4 Å². The fraction of sp³-hybridized carbons (Fsp3) is 0.318. The highest BCUT2D eigenvalue weighted by molar-refractivity contribution is 7.99. The van der Waals surface area contributed by atoms with Crippen LogP contribution in [0.2, 0.25) is 0 Å². The lowest BCUT2D eigenvalue weighted by molar-refractivity contribution is -0.118. The standard InChI is InChI=1S/C22H26N4O3S2/c1-4-26(5-2)31(28,29)18-12-10-17(11-13-18)14-23-21(27)15-30-22-16(3)24-19-8-6-7-9-20(19)25-22/h6-13H,4-5,14-15H2,1-3H3,(H,23,27). The van der Waals surface area contributed by atoms with Crippen molar-refractivity contribution in [1.29, 1.82) is 0 Å². The first-order chi connectivity index (χ1) is 14.8. The number of hydrogen-bond donors (Lipinski definition) is 1. The van der Waals surface area contributed by atoms with Gasteiger partial charge in [-0.15, -0.1) is 0 Å². The van der Waals surface area contributed by atoms with Gasteiger partial charge in [0.15, 0.2) is 0 Å². The summed E-state index contributed by atoms with van der Waals surface area (Å²) in [5, 5.41) is 3.60. The van der Waals surface area contributed by atoms with Gasteiger partial charge >= 0.3 is 0 Å². The topological polar surface area (TPSA) is 92.3 Å². The number of aromatic nitrogens is 2. The van der Waals surface area contributed by atoms with Crippen molar-refractivity contribution in [3.05, 3.63) is 59.8 Å². The number of rotatable bonds is 9. The van der Waals surface area contributed by atoms with Gasteiger partial charge in [0.1, 0.15) is 5.03 Å². The number of fused-ring (bicyclic) bond motifs is 1. The molecule has 3 rings (SSSR count). The van der Waals surface area contributed by atoms with Gasteiger partial charge in [-0.05, 0) is 36.8 Å². The molecule has 1 amide bonds. The Labute approximate surface area is 187 Å². The second-order valence-corrected chi connectivity index (χ2v) is 9.80. The minimum absolute atomic E-state index is 0.126. The Hall–Kier alpha value is -2.49. The Bertz CT molecular complexity index is 1160. The zero-order valence-corrected chi connectivity index (χ0v) is 19.5. The van der Waals surface area contributed by atoms with Crippen molar-refractivity contribution in [2.24, 2.45) is 0 Å². The summed E-state index contributed by atoms with van der Waals surface area (Å²) >= 11 is 1.35. The van der Waals surface area contributed by atoms with Crippen LogP contribution in [0.3, 0.4) is 0 Å². The molecule has 0 aliphatic rings. The number of thioether (sulfide) groups is 1. The van der Waals surface area contributed by atoms with Gasteiger partial charge < -0.3 is 5.32 Å². The maximum atomic E-state index is 12.5. The Morgan fingerprint density at radius 2 is 1.61 bits per heavy atom. The van der Waals surface area contributed by atoms with Gasteiger partial charge in [0.05, 0.1) is 27.4 Å². The molecule has 164 valence electrons. The maximum Gasteiger partial charge on any atom is 0.243 e. The minimum atomic E-state index is -3.48. The van der Waals surface area contributed by atoms with E-state index in [1.54, 1.807) is 24.3 Å². The van der Waals surface area contributed by atoms with Crippen LogP contribution in [0.4, 0.5) is 0 Å². The molecule has 1 heterocycles. The van der Waals surface area contributed by atoms with E-state index >= 15 is 0 Å². The minimum Gasteiger partial charge on any atom is -0.351 e. The van der Waals surface area contributed by atoms with Crippen LogP contribution in [-0.2, 0) is 21.4 Å². The molecule has 0 aliphatic heterocycles. The summed E-state index contributed by atoms with van der Waals surface area (Å²) < 4.78 is 26.5. The summed E-state index contributed by atoms with van der Waals surface area (Å²) in [7, 11) is -3.48. The van der Waals surface area contributed by atoms with Gasteiger partial charge in [0.25, 0.3) is 0 Å². The van der Waals surface area contributed by atoms with Gasteiger partial charge in [-0.3, -0.25) is 4.79 Å². The third kappa shape index (κ3) is 5.61. The molecule has 2 aromatic carbocycles. The largest absolute Gasteiger partial charge is 0.351 e. The first kappa shape index (κ1) is 23.2. The van der Waals surface area contributed by atoms with E-state index in [2.05, 4.69) is 15.3 Å². The van der Waals surface area contributed by atoms with Crippen LogP contribution in [0.15, 0.2) is 58.5 Å². The molecular formula is C22H26N4O3S2. The second-order valence-electron chi connectivity index (χ2n) is 6.90. The normalized spacial score (nSPS) is 11.7. The first-order valence-corrected chi connectivity index (χ1v) is 12.5. The van der Waals surface area contributed by atoms with E-state index in [9.17, 15) is 13.2 Å². The van der Waals surface area contributed by atoms with E-state index in [0.29, 0.717) is 19.6 Å². The SMILES string of the molecule is CCN(CC)S(=O)(=O)c1ccc(CNC(=O)CSc2nc3ccccc3nc2C)cc1. The van der Waals surface area contributed by atoms with E-state index < -0.39 is 10.0 Å². The van der Waals surface area contributed by atoms with Crippen molar-refractivity contribution in [2.75, 3.05) is 18.8 Å². The van der Waals surface area contributed by atoms with Crippen LogP contribution >= 0.6 is 11.8 Å². The highest BCUT2D eigenvalue weighted by Crippen LogP contribution is 2.22. The smallest absolute Gasteiger partial charge is 0.243 e.